The van der Waals surface area contributed by atoms with Crippen LogP contribution in [-0.2, 0) is 9.59 Å². The number of halogens is 1. The zero-order valence-electron chi connectivity index (χ0n) is 16.6. The Hall–Kier alpha value is -1.86. The van der Waals surface area contributed by atoms with Crippen molar-refractivity contribution in [1.29, 1.82) is 0 Å². The number of hydrogen-bond acceptors (Lipinski definition) is 4. The van der Waals surface area contributed by atoms with Crippen molar-refractivity contribution in [1.82, 2.24) is 10.2 Å². The molecule has 0 aromatic heterocycles. The van der Waals surface area contributed by atoms with E-state index in [1.54, 1.807) is 6.07 Å². The van der Waals surface area contributed by atoms with E-state index < -0.39 is 0 Å². The molecule has 2 amide bonds. The number of nitrogens with one attached hydrogen (secondary N) is 2. The van der Waals surface area contributed by atoms with Gasteiger partial charge >= 0.3 is 0 Å². The van der Waals surface area contributed by atoms with Crippen LogP contribution in [0, 0.1) is 0 Å². The van der Waals surface area contributed by atoms with Crippen molar-refractivity contribution in [3.05, 3.63) is 23.2 Å². The predicted octanol–water partition coefficient (Wildman–Crippen LogP) is 3.79. The highest BCUT2D eigenvalue weighted by molar-refractivity contribution is 7.80. The molecule has 8 heteroatoms. The first-order valence-electron chi connectivity index (χ1n) is 9.87. The van der Waals surface area contributed by atoms with Gasteiger partial charge in [-0.05, 0) is 36.8 Å². The van der Waals surface area contributed by atoms with Crippen LogP contribution in [0.25, 0.3) is 0 Å². The van der Waals surface area contributed by atoms with Crippen LogP contribution >= 0.6 is 23.8 Å². The highest BCUT2D eigenvalue weighted by atomic mass is 35.5. The minimum absolute atomic E-state index is 0.0758. The quantitative estimate of drug-likeness (QED) is 0.515. The molecule has 2 rings (SSSR count). The lowest BCUT2D eigenvalue weighted by Gasteiger charge is -2.36. The van der Waals surface area contributed by atoms with Gasteiger partial charge in [-0.2, -0.15) is 0 Å². The lowest BCUT2D eigenvalue weighted by Crippen LogP contribution is -2.48. The maximum atomic E-state index is 11.8. The van der Waals surface area contributed by atoms with E-state index in [0.717, 1.165) is 43.7 Å². The number of carbonyl (C=O) groups is 2. The summed E-state index contributed by atoms with van der Waals surface area (Å²) in [7, 11) is 0. The maximum Gasteiger partial charge on any atom is 0.226 e. The van der Waals surface area contributed by atoms with Gasteiger partial charge in [-0.1, -0.05) is 38.3 Å². The number of rotatable bonds is 7. The molecular weight excluding hydrogens is 396 g/mol. The van der Waals surface area contributed by atoms with Crippen molar-refractivity contribution in [3.8, 4) is 0 Å². The average molecular weight is 425 g/mol. The molecule has 0 radical (unpaired) electrons. The van der Waals surface area contributed by atoms with Crippen molar-refractivity contribution in [2.45, 2.75) is 46.0 Å². The number of benzene rings is 1. The third-order valence-electron chi connectivity index (χ3n) is 4.74. The first-order valence-corrected chi connectivity index (χ1v) is 10.7. The van der Waals surface area contributed by atoms with Crippen molar-refractivity contribution in [3.63, 3.8) is 0 Å². The molecule has 0 spiro atoms. The fourth-order valence-electron chi connectivity index (χ4n) is 3.15. The van der Waals surface area contributed by atoms with Crippen molar-refractivity contribution in [2.75, 3.05) is 36.4 Å². The number of unbranched alkanes of at least 4 members (excludes halogenated alkanes) is 2. The summed E-state index contributed by atoms with van der Waals surface area (Å²) in [5, 5.41) is 6.59. The van der Waals surface area contributed by atoms with E-state index in [-0.39, 0.29) is 16.9 Å². The van der Waals surface area contributed by atoms with Gasteiger partial charge in [-0.25, -0.2) is 0 Å². The zero-order valence-corrected chi connectivity index (χ0v) is 18.2. The predicted molar refractivity (Wildman–Crippen MR) is 119 cm³/mol. The van der Waals surface area contributed by atoms with Crippen molar-refractivity contribution < 1.29 is 9.59 Å². The van der Waals surface area contributed by atoms with Crippen LogP contribution in [-0.4, -0.2) is 48.0 Å². The molecule has 1 aliphatic heterocycles. The minimum Gasteiger partial charge on any atom is -0.367 e. The summed E-state index contributed by atoms with van der Waals surface area (Å²) >= 11 is 11.7. The lowest BCUT2D eigenvalue weighted by molar-refractivity contribution is -0.131. The van der Waals surface area contributed by atoms with Gasteiger partial charge in [0.2, 0.25) is 11.8 Å². The smallest absolute Gasteiger partial charge is 0.226 e. The van der Waals surface area contributed by atoms with Crippen molar-refractivity contribution in [2.24, 2.45) is 0 Å². The Labute approximate surface area is 177 Å². The summed E-state index contributed by atoms with van der Waals surface area (Å²) in [6.07, 6.45) is 3.98. The second kappa shape index (κ2) is 11.2. The summed E-state index contributed by atoms with van der Waals surface area (Å²) in [4.78, 5) is 27.7. The molecule has 0 bridgehead atoms. The number of amides is 2. The number of thiocarbonyl (C=S) groups is 1. The van der Waals surface area contributed by atoms with Gasteiger partial charge < -0.3 is 20.4 Å². The van der Waals surface area contributed by atoms with Crippen LogP contribution in [0.1, 0.15) is 46.0 Å². The fraction of sp³-hybridized carbons (Fsp3) is 0.550. The van der Waals surface area contributed by atoms with Gasteiger partial charge in [0.15, 0.2) is 5.11 Å². The highest BCUT2D eigenvalue weighted by Gasteiger charge is 2.21. The van der Waals surface area contributed by atoms with Crippen LogP contribution in [0.5, 0.6) is 0 Å². The maximum absolute atomic E-state index is 11.8. The second-order valence-electron chi connectivity index (χ2n) is 6.85. The molecule has 28 heavy (non-hydrogen) atoms. The molecule has 0 unspecified atom stereocenters. The van der Waals surface area contributed by atoms with Gasteiger partial charge in [-0.15, -0.1) is 0 Å². The Morgan fingerprint density at radius 1 is 1.14 bits per heavy atom. The molecule has 1 aliphatic rings. The second-order valence-corrected chi connectivity index (χ2v) is 7.66. The third kappa shape index (κ3) is 6.63. The number of anilines is 2. The minimum atomic E-state index is -0.0758. The molecule has 0 saturated carbocycles. The number of hydrogen-bond donors (Lipinski definition) is 2. The number of carbonyl (C=O) groups excluding carboxylic acids is 2. The monoisotopic (exact) mass is 424 g/mol. The van der Waals surface area contributed by atoms with E-state index in [0.29, 0.717) is 31.0 Å². The molecule has 154 valence electrons. The summed E-state index contributed by atoms with van der Waals surface area (Å²) in [6, 6.07) is 5.63. The summed E-state index contributed by atoms with van der Waals surface area (Å²) in [5.74, 6) is 0.115. The Morgan fingerprint density at radius 2 is 1.86 bits per heavy atom. The molecule has 0 atom stereocenters. The Balaban J connectivity index is 1.87. The SMILES string of the molecule is CCCCCC(=O)NC(=S)Nc1ccc(N2CCN(C(=O)CC)CC2)c(Cl)c1. The molecule has 0 aliphatic carbocycles. The van der Waals surface area contributed by atoms with E-state index >= 15 is 0 Å². The van der Waals surface area contributed by atoms with Crippen molar-refractivity contribution >= 4 is 52.1 Å². The zero-order chi connectivity index (χ0) is 20.5. The Morgan fingerprint density at radius 3 is 2.46 bits per heavy atom. The molecular formula is C20H29ClN4O2S. The van der Waals surface area contributed by atoms with E-state index in [1.807, 2.05) is 24.0 Å². The highest BCUT2D eigenvalue weighted by Crippen LogP contribution is 2.29. The molecule has 2 N–H and O–H groups in total. The molecule has 6 nitrogen and oxygen atoms in total. The van der Waals surface area contributed by atoms with E-state index in [4.69, 9.17) is 23.8 Å². The Kier molecular flexibility index (Phi) is 8.99. The van der Waals surface area contributed by atoms with Crippen LogP contribution in [0.4, 0.5) is 11.4 Å². The standard InChI is InChI=1S/C20H29ClN4O2S/c1-3-5-6-7-18(26)23-20(28)22-15-8-9-17(16(21)14-15)24-10-12-25(13-11-24)19(27)4-2/h8-9,14H,3-7,10-13H2,1-2H3,(H2,22,23,26,28). The fourth-order valence-corrected chi connectivity index (χ4v) is 3.68. The molecule has 1 fully saturated rings. The van der Waals surface area contributed by atoms with E-state index in [1.165, 1.54) is 0 Å². The van der Waals surface area contributed by atoms with Gasteiger partial charge in [0.1, 0.15) is 0 Å². The summed E-state index contributed by atoms with van der Waals surface area (Å²) in [6.45, 7) is 6.90. The van der Waals surface area contributed by atoms with Gasteiger partial charge in [-0.3, -0.25) is 9.59 Å². The average Bonchev–Trinajstić information content (AvgIpc) is 2.67. The summed E-state index contributed by atoms with van der Waals surface area (Å²) < 4.78 is 0. The van der Waals surface area contributed by atoms with Crippen LogP contribution < -0.4 is 15.5 Å². The van der Waals surface area contributed by atoms with E-state index in [2.05, 4.69) is 22.5 Å². The lowest BCUT2D eigenvalue weighted by atomic mass is 10.2. The number of nitrogens with zero attached hydrogens (tertiary/aromatic N) is 2. The number of piperazine rings is 1. The molecule has 1 aromatic rings. The first-order chi connectivity index (χ1) is 13.4. The molecule has 1 saturated heterocycles. The molecule has 1 aromatic carbocycles. The topological polar surface area (TPSA) is 64.7 Å². The van der Waals surface area contributed by atoms with Crippen LogP contribution in [0.3, 0.4) is 0 Å². The Bertz CT molecular complexity index is 705. The first kappa shape index (κ1) is 22.4. The largest absolute Gasteiger partial charge is 0.367 e. The normalized spacial score (nSPS) is 14.0. The molecule has 1 heterocycles. The van der Waals surface area contributed by atoms with Gasteiger partial charge in [0.25, 0.3) is 0 Å². The van der Waals surface area contributed by atoms with Crippen LogP contribution in [0.2, 0.25) is 5.02 Å². The van der Waals surface area contributed by atoms with Gasteiger partial charge in [0.05, 0.1) is 10.7 Å². The van der Waals surface area contributed by atoms with Crippen LogP contribution in [0.15, 0.2) is 18.2 Å². The third-order valence-corrected chi connectivity index (χ3v) is 5.25. The summed E-state index contributed by atoms with van der Waals surface area (Å²) in [5.41, 5.74) is 1.66. The van der Waals surface area contributed by atoms with E-state index in [9.17, 15) is 9.59 Å². The van der Waals surface area contributed by atoms with Gasteiger partial charge in [0, 0.05) is 44.7 Å².